The van der Waals surface area contributed by atoms with Gasteiger partial charge in [-0.05, 0) is 31.0 Å². The molecule has 33 heavy (non-hydrogen) atoms. The zero-order chi connectivity index (χ0) is 24.1. The van der Waals surface area contributed by atoms with Gasteiger partial charge < -0.3 is 10.1 Å². The standard InChI is InChI=1S/C20H20N4O7S2/c1-4-31-19(27)14-10-7-8-33(29,30)9-13(10)32-17(14)22-16(25)12-6-5-11-15(21-12)23(2)20(28)24(3)18(11)26/h5-6H,4,7-9H2,1-3H3,(H,22,25). The molecule has 0 atom stereocenters. The van der Waals surface area contributed by atoms with Crippen molar-refractivity contribution in [3.05, 3.63) is 54.7 Å². The highest BCUT2D eigenvalue weighted by Gasteiger charge is 2.32. The minimum absolute atomic E-state index is 0.0398. The molecule has 174 valence electrons. The number of amides is 1. The fraction of sp³-hybridized carbons (Fsp3) is 0.350. The van der Waals surface area contributed by atoms with E-state index in [4.69, 9.17) is 4.74 Å². The van der Waals surface area contributed by atoms with Gasteiger partial charge >= 0.3 is 11.7 Å². The van der Waals surface area contributed by atoms with Gasteiger partial charge in [-0.25, -0.2) is 23.0 Å². The average Bonchev–Trinajstić information content (AvgIpc) is 3.11. The van der Waals surface area contributed by atoms with Crippen molar-refractivity contribution in [2.24, 2.45) is 14.1 Å². The van der Waals surface area contributed by atoms with Crippen LogP contribution in [-0.2, 0) is 40.8 Å². The molecular formula is C20H20N4O7S2. The molecule has 1 amide bonds. The lowest BCUT2D eigenvalue weighted by Gasteiger charge is -2.13. The smallest absolute Gasteiger partial charge is 0.341 e. The third-order valence-corrected chi connectivity index (χ3v) is 8.23. The van der Waals surface area contributed by atoms with Gasteiger partial charge in [-0.2, -0.15) is 0 Å². The first-order valence-electron chi connectivity index (χ1n) is 9.94. The Kier molecular flexibility index (Phi) is 5.70. The molecule has 1 aliphatic heterocycles. The van der Waals surface area contributed by atoms with Crippen LogP contribution in [-0.4, -0.2) is 46.8 Å². The number of carbonyl (C=O) groups is 2. The van der Waals surface area contributed by atoms with Crippen LogP contribution in [0.4, 0.5) is 5.00 Å². The van der Waals surface area contributed by atoms with E-state index in [1.165, 1.54) is 26.2 Å². The molecule has 13 heteroatoms. The summed E-state index contributed by atoms with van der Waals surface area (Å²) in [5.74, 6) is -1.64. The lowest BCUT2D eigenvalue weighted by Crippen LogP contribution is -2.37. The van der Waals surface area contributed by atoms with Crippen LogP contribution in [0.2, 0.25) is 0 Å². The Morgan fingerprint density at radius 1 is 1.21 bits per heavy atom. The number of ether oxygens (including phenoxy) is 1. The van der Waals surface area contributed by atoms with Crippen molar-refractivity contribution in [1.29, 1.82) is 0 Å². The number of hydrogen-bond acceptors (Lipinski definition) is 9. The topological polar surface area (TPSA) is 146 Å². The van der Waals surface area contributed by atoms with E-state index in [1.807, 2.05) is 0 Å². The van der Waals surface area contributed by atoms with Crippen LogP contribution >= 0.6 is 11.3 Å². The first-order chi connectivity index (χ1) is 15.5. The second-order valence-electron chi connectivity index (χ2n) is 7.50. The zero-order valence-electron chi connectivity index (χ0n) is 18.0. The number of fused-ring (bicyclic) bond motifs is 2. The molecule has 1 aliphatic rings. The predicted octanol–water partition coefficient (Wildman–Crippen LogP) is 0.594. The Hall–Kier alpha value is -3.32. The van der Waals surface area contributed by atoms with Crippen molar-refractivity contribution in [2.45, 2.75) is 19.1 Å². The quantitative estimate of drug-likeness (QED) is 0.521. The molecule has 3 aromatic rings. The number of pyridine rings is 1. The third kappa shape index (κ3) is 3.97. The van der Waals surface area contributed by atoms with E-state index in [9.17, 15) is 27.6 Å². The summed E-state index contributed by atoms with van der Waals surface area (Å²) < 4.78 is 31.3. The number of esters is 1. The molecule has 4 rings (SSSR count). The van der Waals surface area contributed by atoms with Crippen molar-refractivity contribution < 1.29 is 22.7 Å². The largest absolute Gasteiger partial charge is 0.462 e. The Bertz CT molecular complexity index is 1550. The molecule has 0 saturated heterocycles. The number of aryl methyl sites for hydroxylation is 1. The first kappa shape index (κ1) is 22.9. The maximum Gasteiger partial charge on any atom is 0.341 e. The summed E-state index contributed by atoms with van der Waals surface area (Å²) in [6.07, 6.45) is 0.151. The van der Waals surface area contributed by atoms with Gasteiger partial charge in [-0.15, -0.1) is 11.3 Å². The minimum Gasteiger partial charge on any atom is -0.462 e. The van der Waals surface area contributed by atoms with Crippen LogP contribution in [0.1, 0.15) is 38.2 Å². The molecule has 0 fully saturated rings. The molecule has 0 aromatic carbocycles. The maximum absolute atomic E-state index is 13.0. The number of carbonyl (C=O) groups excluding carboxylic acids is 2. The fourth-order valence-corrected chi connectivity index (χ4v) is 6.71. The molecule has 0 spiro atoms. The van der Waals surface area contributed by atoms with Crippen LogP contribution < -0.4 is 16.6 Å². The van der Waals surface area contributed by atoms with Gasteiger partial charge in [0.25, 0.3) is 11.5 Å². The van der Waals surface area contributed by atoms with Gasteiger partial charge in [0.2, 0.25) is 0 Å². The van der Waals surface area contributed by atoms with E-state index in [-0.39, 0.29) is 51.8 Å². The zero-order valence-corrected chi connectivity index (χ0v) is 19.6. The summed E-state index contributed by atoms with van der Waals surface area (Å²) in [7, 11) is -0.506. The lowest BCUT2D eigenvalue weighted by molar-refractivity contribution is 0.0527. The summed E-state index contributed by atoms with van der Waals surface area (Å²) >= 11 is 1.01. The van der Waals surface area contributed by atoms with Crippen LogP contribution in [0.15, 0.2) is 21.7 Å². The van der Waals surface area contributed by atoms with Crippen molar-refractivity contribution in [3.63, 3.8) is 0 Å². The summed E-state index contributed by atoms with van der Waals surface area (Å²) in [6.45, 7) is 1.76. The van der Waals surface area contributed by atoms with Crippen LogP contribution in [0.25, 0.3) is 11.0 Å². The normalized spacial score (nSPS) is 14.6. The number of thiophene rings is 1. The van der Waals surface area contributed by atoms with Crippen LogP contribution in [0.3, 0.4) is 0 Å². The summed E-state index contributed by atoms with van der Waals surface area (Å²) in [5, 5.41) is 2.96. The number of hydrogen-bond donors (Lipinski definition) is 1. The molecule has 0 saturated carbocycles. The van der Waals surface area contributed by atoms with Crippen LogP contribution in [0, 0.1) is 0 Å². The van der Waals surface area contributed by atoms with Crippen molar-refractivity contribution in [2.75, 3.05) is 17.7 Å². The second-order valence-corrected chi connectivity index (χ2v) is 10.8. The summed E-state index contributed by atoms with van der Waals surface area (Å²) in [5.41, 5.74) is -0.473. The van der Waals surface area contributed by atoms with Gasteiger partial charge in [0, 0.05) is 19.0 Å². The van der Waals surface area contributed by atoms with E-state index < -0.39 is 33.0 Å². The summed E-state index contributed by atoms with van der Waals surface area (Å²) in [6, 6.07) is 2.74. The van der Waals surface area contributed by atoms with Crippen molar-refractivity contribution >= 4 is 49.1 Å². The monoisotopic (exact) mass is 492 g/mol. The second kappa shape index (κ2) is 8.23. The highest BCUT2D eigenvalue weighted by atomic mass is 32.2. The van der Waals surface area contributed by atoms with Gasteiger partial charge in [0.05, 0.1) is 29.1 Å². The lowest BCUT2D eigenvalue weighted by atomic mass is 10.1. The molecule has 4 heterocycles. The van der Waals surface area contributed by atoms with E-state index in [1.54, 1.807) is 6.92 Å². The number of sulfone groups is 1. The SMILES string of the molecule is CCOC(=O)c1c(NC(=O)c2ccc3c(=O)n(C)c(=O)n(C)c3n2)sc2c1CCS(=O)(=O)C2. The number of anilines is 1. The van der Waals surface area contributed by atoms with Gasteiger partial charge in [-0.3, -0.25) is 18.7 Å². The highest BCUT2D eigenvalue weighted by Crippen LogP contribution is 2.38. The Balaban J connectivity index is 1.77. The fourth-order valence-electron chi connectivity index (χ4n) is 3.68. The Morgan fingerprint density at radius 3 is 2.64 bits per heavy atom. The molecule has 0 aliphatic carbocycles. The molecule has 11 nitrogen and oxygen atoms in total. The first-order valence-corrected chi connectivity index (χ1v) is 12.6. The number of nitrogens with one attached hydrogen (secondary N) is 1. The summed E-state index contributed by atoms with van der Waals surface area (Å²) in [4.78, 5) is 54.8. The molecule has 1 N–H and O–H groups in total. The van der Waals surface area contributed by atoms with Crippen molar-refractivity contribution in [1.82, 2.24) is 14.1 Å². The Labute approximate surface area is 191 Å². The third-order valence-electron chi connectivity index (χ3n) is 5.35. The van der Waals surface area contributed by atoms with E-state index in [0.717, 1.165) is 20.5 Å². The molecule has 0 unspecified atom stereocenters. The predicted molar refractivity (Wildman–Crippen MR) is 122 cm³/mol. The van der Waals surface area contributed by atoms with Crippen LogP contribution in [0.5, 0.6) is 0 Å². The number of rotatable bonds is 4. The minimum atomic E-state index is -3.29. The molecule has 0 bridgehead atoms. The maximum atomic E-state index is 13.0. The van der Waals surface area contributed by atoms with Gasteiger partial charge in [0.15, 0.2) is 9.84 Å². The van der Waals surface area contributed by atoms with E-state index in [0.29, 0.717) is 10.4 Å². The Morgan fingerprint density at radius 2 is 1.94 bits per heavy atom. The van der Waals surface area contributed by atoms with E-state index in [2.05, 4.69) is 10.3 Å². The van der Waals surface area contributed by atoms with Gasteiger partial charge in [-0.1, -0.05) is 0 Å². The van der Waals surface area contributed by atoms with Gasteiger partial charge in [0.1, 0.15) is 16.3 Å². The average molecular weight is 493 g/mol. The molecular weight excluding hydrogens is 472 g/mol. The molecule has 3 aromatic heterocycles. The number of nitrogens with zero attached hydrogens (tertiary/aromatic N) is 3. The highest BCUT2D eigenvalue weighted by molar-refractivity contribution is 7.90. The molecule has 0 radical (unpaired) electrons. The van der Waals surface area contributed by atoms with E-state index >= 15 is 0 Å². The van der Waals surface area contributed by atoms with Crippen molar-refractivity contribution in [3.8, 4) is 0 Å². The number of aromatic nitrogens is 3.